The molecule has 0 spiro atoms. The first kappa shape index (κ1) is 11.5. The summed E-state index contributed by atoms with van der Waals surface area (Å²) in [6.45, 7) is 1.74. The van der Waals surface area contributed by atoms with Gasteiger partial charge in [0.05, 0.1) is 4.47 Å². The van der Waals surface area contributed by atoms with E-state index in [0.717, 1.165) is 36.2 Å². The van der Waals surface area contributed by atoms with Crippen LogP contribution in [0.2, 0.25) is 0 Å². The van der Waals surface area contributed by atoms with Gasteiger partial charge in [-0.25, -0.2) is 4.98 Å². The monoisotopic (exact) mass is 257 g/mol. The summed E-state index contributed by atoms with van der Waals surface area (Å²) in [5.74, 6) is 0.917. The summed E-state index contributed by atoms with van der Waals surface area (Å²) >= 11 is 3.43. The Labute approximate surface area is 93.2 Å². The van der Waals surface area contributed by atoms with Crippen molar-refractivity contribution in [3.63, 3.8) is 0 Å². The van der Waals surface area contributed by atoms with Gasteiger partial charge in [-0.1, -0.05) is 6.42 Å². The summed E-state index contributed by atoms with van der Waals surface area (Å²) in [5.41, 5.74) is 5.41. The molecule has 0 atom stereocenters. The van der Waals surface area contributed by atoms with Crippen molar-refractivity contribution in [3.05, 3.63) is 22.8 Å². The maximum Gasteiger partial charge on any atom is 0.140 e. The molecule has 4 heteroatoms. The van der Waals surface area contributed by atoms with Crippen LogP contribution in [0.4, 0.5) is 5.82 Å². The Morgan fingerprint density at radius 1 is 1.36 bits per heavy atom. The Kier molecular flexibility index (Phi) is 5.56. The number of nitrogens with two attached hydrogens (primary N) is 1. The van der Waals surface area contributed by atoms with Crippen molar-refractivity contribution in [1.29, 1.82) is 0 Å². The highest BCUT2D eigenvalue weighted by Gasteiger charge is 1.97. The van der Waals surface area contributed by atoms with Crippen LogP contribution in [0.1, 0.15) is 19.3 Å². The number of hydrogen-bond acceptors (Lipinski definition) is 3. The van der Waals surface area contributed by atoms with Gasteiger partial charge >= 0.3 is 0 Å². The molecule has 0 aliphatic heterocycles. The highest BCUT2D eigenvalue weighted by atomic mass is 79.9. The summed E-state index contributed by atoms with van der Waals surface area (Å²) in [4.78, 5) is 4.21. The van der Waals surface area contributed by atoms with Crippen LogP contribution in [0.5, 0.6) is 0 Å². The molecule has 0 saturated carbocycles. The minimum absolute atomic E-state index is 0.785. The standard InChI is InChI=1S/C10H16BrN3/c11-9-5-4-8-14-10(9)13-7-3-1-2-6-12/h4-5,8H,1-3,6-7,12H2,(H,13,14). The summed E-state index contributed by atoms with van der Waals surface area (Å²) < 4.78 is 1.01. The number of halogens is 1. The third-order valence-corrected chi connectivity index (χ3v) is 2.57. The van der Waals surface area contributed by atoms with Crippen LogP contribution in [-0.4, -0.2) is 18.1 Å². The van der Waals surface area contributed by atoms with Gasteiger partial charge in [-0.3, -0.25) is 0 Å². The van der Waals surface area contributed by atoms with Gasteiger partial charge in [0.1, 0.15) is 5.82 Å². The molecular weight excluding hydrogens is 242 g/mol. The van der Waals surface area contributed by atoms with E-state index in [-0.39, 0.29) is 0 Å². The first-order chi connectivity index (χ1) is 6.84. The van der Waals surface area contributed by atoms with Crippen LogP contribution in [-0.2, 0) is 0 Å². The summed E-state index contributed by atoms with van der Waals surface area (Å²) in [6, 6.07) is 3.89. The highest BCUT2D eigenvalue weighted by molar-refractivity contribution is 9.10. The molecule has 3 nitrogen and oxygen atoms in total. The Balaban J connectivity index is 2.21. The van der Waals surface area contributed by atoms with E-state index in [0.29, 0.717) is 0 Å². The minimum Gasteiger partial charge on any atom is -0.369 e. The summed E-state index contributed by atoms with van der Waals surface area (Å²) in [5, 5.41) is 3.27. The third kappa shape index (κ3) is 4.07. The number of anilines is 1. The van der Waals surface area contributed by atoms with Crippen molar-refractivity contribution >= 4 is 21.7 Å². The Morgan fingerprint density at radius 2 is 2.21 bits per heavy atom. The number of hydrogen-bond donors (Lipinski definition) is 2. The number of pyridine rings is 1. The van der Waals surface area contributed by atoms with Crippen LogP contribution in [0.25, 0.3) is 0 Å². The smallest absolute Gasteiger partial charge is 0.140 e. The molecule has 0 amide bonds. The number of aromatic nitrogens is 1. The molecule has 14 heavy (non-hydrogen) atoms. The molecule has 0 aromatic carbocycles. The van der Waals surface area contributed by atoms with Crippen LogP contribution in [0.15, 0.2) is 22.8 Å². The zero-order valence-electron chi connectivity index (χ0n) is 8.17. The van der Waals surface area contributed by atoms with Gasteiger partial charge in [-0.05, 0) is 47.4 Å². The zero-order valence-corrected chi connectivity index (χ0v) is 9.76. The molecule has 0 bridgehead atoms. The second-order valence-electron chi connectivity index (χ2n) is 3.11. The quantitative estimate of drug-likeness (QED) is 0.770. The molecule has 0 aliphatic rings. The molecule has 1 rings (SSSR count). The molecule has 0 saturated heterocycles. The Hall–Kier alpha value is -0.610. The van der Waals surface area contributed by atoms with Crippen LogP contribution in [0.3, 0.4) is 0 Å². The normalized spacial score (nSPS) is 10.1. The Bertz CT molecular complexity index is 265. The molecule has 1 aromatic heterocycles. The van der Waals surface area contributed by atoms with Gasteiger partial charge in [0.2, 0.25) is 0 Å². The number of unbranched alkanes of at least 4 members (excludes halogenated alkanes) is 2. The van der Waals surface area contributed by atoms with Gasteiger partial charge in [0.15, 0.2) is 0 Å². The molecule has 3 N–H and O–H groups in total. The third-order valence-electron chi connectivity index (χ3n) is 1.93. The van der Waals surface area contributed by atoms with Crippen molar-refractivity contribution in [2.45, 2.75) is 19.3 Å². The fourth-order valence-electron chi connectivity index (χ4n) is 1.17. The molecule has 0 fully saturated rings. The topological polar surface area (TPSA) is 50.9 Å². The van der Waals surface area contributed by atoms with E-state index in [1.54, 1.807) is 6.20 Å². The van der Waals surface area contributed by atoms with Crippen LogP contribution < -0.4 is 11.1 Å². The maximum atomic E-state index is 5.41. The van der Waals surface area contributed by atoms with E-state index < -0.39 is 0 Å². The molecule has 0 radical (unpaired) electrons. The average molecular weight is 258 g/mol. The molecule has 1 heterocycles. The van der Waals surface area contributed by atoms with Gasteiger partial charge in [-0.2, -0.15) is 0 Å². The van der Waals surface area contributed by atoms with Crippen molar-refractivity contribution in [3.8, 4) is 0 Å². The van der Waals surface area contributed by atoms with Crippen molar-refractivity contribution < 1.29 is 0 Å². The van der Waals surface area contributed by atoms with Crippen molar-refractivity contribution in [1.82, 2.24) is 4.98 Å². The lowest BCUT2D eigenvalue weighted by Gasteiger charge is -2.06. The molecule has 0 unspecified atom stereocenters. The average Bonchev–Trinajstić information content (AvgIpc) is 2.20. The van der Waals surface area contributed by atoms with E-state index in [9.17, 15) is 0 Å². The van der Waals surface area contributed by atoms with Gasteiger partial charge in [0.25, 0.3) is 0 Å². The SMILES string of the molecule is NCCCCCNc1ncccc1Br. The molecule has 0 aliphatic carbocycles. The van der Waals surface area contributed by atoms with E-state index in [1.165, 1.54) is 6.42 Å². The van der Waals surface area contributed by atoms with E-state index in [4.69, 9.17) is 5.73 Å². The fourth-order valence-corrected chi connectivity index (χ4v) is 1.56. The molecule has 78 valence electrons. The van der Waals surface area contributed by atoms with Crippen molar-refractivity contribution in [2.24, 2.45) is 5.73 Å². The van der Waals surface area contributed by atoms with Gasteiger partial charge in [-0.15, -0.1) is 0 Å². The highest BCUT2D eigenvalue weighted by Crippen LogP contribution is 2.17. The predicted molar refractivity (Wildman–Crippen MR) is 63.3 cm³/mol. The molecular formula is C10H16BrN3. The summed E-state index contributed by atoms with van der Waals surface area (Å²) in [7, 11) is 0. The predicted octanol–water partition coefficient (Wildman–Crippen LogP) is 2.39. The van der Waals surface area contributed by atoms with Crippen molar-refractivity contribution in [2.75, 3.05) is 18.4 Å². The van der Waals surface area contributed by atoms with Crippen LogP contribution >= 0.6 is 15.9 Å². The lowest BCUT2D eigenvalue weighted by molar-refractivity contribution is 0.706. The largest absolute Gasteiger partial charge is 0.369 e. The second-order valence-corrected chi connectivity index (χ2v) is 3.96. The lowest BCUT2D eigenvalue weighted by Crippen LogP contribution is -2.05. The fraction of sp³-hybridized carbons (Fsp3) is 0.500. The van der Waals surface area contributed by atoms with E-state index >= 15 is 0 Å². The maximum absolute atomic E-state index is 5.41. The van der Waals surface area contributed by atoms with Gasteiger partial charge in [0, 0.05) is 12.7 Å². The number of nitrogens with zero attached hydrogens (tertiary/aromatic N) is 1. The second kappa shape index (κ2) is 6.79. The number of nitrogens with one attached hydrogen (secondary N) is 1. The van der Waals surface area contributed by atoms with Gasteiger partial charge < -0.3 is 11.1 Å². The Morgan fingerprint density at radius 3 is 2.93 bits per heavy atom. The summed E-state index contributed by atoms with van der Waals surface area (Å²) in [6.07, 6.45) is 5.20. The number of rotatable bonds is 6. The minimum atomic E-state index is 0.785. The molecule has 1 aromatic rings. The van der Waals surface area contributed by atoms with Crippen LogP contribution in [0, 0.1) is 0 Å². The lowest BCUT2D eigenvalue weighted by atomic mass is 10.2. The van der Waals surface area contributed by atoms with E-state index in [1.807, 2.05) is 12.1 Å². The van der Waals surface area contributed by atoms with E-state index in [2.05, 4.69) is 26.2 Å². The zero-order chi connectivity index (χ0) is 10.2. The first-order valence-corrected chi connectivity index (χ1v) is 5.68. The first-order valence-electron chi connectivity index (χ1n) is 4.89.